The van der Waals surface area contributed by atoms with E-state index in [2.05, 4.69) is 36.5 Å². The molecule has 0 aliphatic carbocycles. The first-order chi connectivity index (χ1) is 6.83. The maximum absolute atomic E-state index is 5.50. The molecule has 1 rings (SSSR count). The summed E-state index contributed by atoms with van der Waals surface area (Å²) >= 11 is 1.87. The van der Waals surface area contributed by atoms with Crippen LogP contribution in [-0.4, -0.2) is 24.9 Å². The molecule has 2 nitrogen and oxygen atoms in total. The third-order valence-corrected chi connectivity index (χ3v) is 2.97. The molecule has 0 saturated heterocycles. The van der Waals surface area contributed by atoms with E-state index in [9.17, 15) is 0 Å². The average Bonchev–Trinajstić information content (AvgIpc) is 2.25. The van der Waals surface area contributed by atoms with E-state index < -0.39 is 0 Å². The summed E-state index contributed by atoms with van der Waals surface area (Å²) in [5.74, 6) is 1.09. The van der Waals surface area contributed by atoms with E-state index in [0.717, 1.165) is 12.3 Å². The van der Waals surface area contributed by atoms with Crippen molar-refractivity contribution in [2.75, 3.05) is 18.8 Å². The molecule has 14 heavy (non-hydrogen) atoms. The Balaban J connectivity index is 2.10. The third kappa shape index (κ3) is 4.65. The van der Waals surface area contributed by atoms with Gasteiger partial charge in [-0.2, -0.15) is 0 Å². The van der Waals surface area contributed by atoms with Crippen molar-refractivity contribution in [3.8, 4) is 0 Å². The van der Waals surface area contributed by atoms with Crippen LogP contribution < -0.4 is 11.1 Å². The highest BCUT2D eigenvalue weighted by Gasteiger charge is 1.96. The molecular formula is C11H18N2S. The lowest BCUT2D eigenvalue weighted by Gasteiger charge is -2.10. The van der Waals surface area contributed by atoms with Gasteiger partial charge in [-0.1, -0.05) is 18.2 Å². The van der Waals surface area contributed by atoms with Crippen LogP contribution in [0.2, 0.25) is 0 Å². The summed E-state index contributed by atoms with van der Waals surface area (Å²) in [4.78, 5) is 1.33. The number of hydrogen-bond acceptors (Lipinski definition) is 3. The summed E-state index contributed by atoms with van der Waals surface area (Å²) in [6.45, 7) is 3.82. The zero-order valence-electron chi connectivity index (χ0n) is 8.57. The number of benzene rings is 1. The maximum Gasteiger partial charge on any atom is 0.0162 e. The van der Waals surface area contributed by atoms with Crippen molar-refractivity contribution in [3.63, 3.8) is 0 Å². The quantitative estimate of drug-likeness (QED) is 0.554. The van der Waals surface area contributed by atoms with Gasteiger partial charge in [-0.25, -0.2) is 0 Å². The van der Waals surface area contributed by atoms with Crippen molar-refractivity contribution in [2.45, 2.75) is 17.9 Å². The van der Waals surface area contributed by atoms with Crippen LogP contribution in [0.1, 0.15) is 6.92 Å². The Labute approximate surface area is 90.3 Å². The Morgan fingerprint density at radius 2 is 2.07 bits per heavy atom. The monoisotopic (exact) mass is 210 g/mol. The largest absolute Gasteiger partial charge is 0.329 e. The lowest BCUT2D eigenvalue weighted by molar-refractivity contribution is 0.579. The Morgan fingerprint density at radius 3 is 2.71 bits per heavy atom. The number of nitrogens with two attached hydrogens (primary N) is 1. The highest BCUT2D eigenvalue weighted by Crippen LogP contribution is 2.15. The second-order valence-corrected chi connectivity index (χ2v) is 4.42. The van der Waals surface area contributed by atoms with Gasteiger partial charge >= 0.3 is 0 Å². The van der Waals surface area contributed by atoms with Gasteiger partial charge in [-0.15, -0.1) is 11.8 Å². The van der Waals surface area contributed by atoms with Crippen molar-refractivity contribution in [1.82, 2.24) is 5.32 Å². The summed E-state index contributed by atoms with van der Waals surface area (Å²) in [6, 6.07) is 10.9. The number of hydrogen-bond donors (Lipinski definition) is 2. The van der Waals surface area contributed by atoms with Gasteiger partial charge in [0.2, 0.25) is 0 Å². The van der Waals surface area contributed by atoms with Gasteiger partial charge in [0, 0.05) is 29.8 Å². The van der Waals surface area contributed by atoms with E-state index in [1.807, 2.05) is 17.8 Å². The molecule has 0 aliphatic heterocycles. The van der Waals surface area contributed by atoms with E-state index in [0.29, 0.717) is 12.6 Å². The fourth-order valence-electron chi connectivity index (χ4n) is 1.07. The van der Waals surface area contributed by atoms with E-state index in [4.69, 9.17) is 5.73 Å². The molecular weight excluding hydrogens is 192 g/mol. The Hall–Kier alpha value is -0.510. The normalized spacial score (nSPS) is 12.7. The van der Waals surface area contributed by atoms with Crippen LogP contribution in [0.4, 0.5) is 0 Å². The zero-order valence-corrected chi connectivity index (χ0v) is 9.39. The van der Waals surface area contributed by atoms with E-state index in [-0.39, 0.29) is 0 Å². The Kier molecular flexibility index (Phi) is 5.68. The van der Waals surface area contributed by atoms with Crippen LogP contribution in [0.3, 0.4) is 0 Å². The Morgan fingerprint density at radius 1 is 1.36 bits per heavy atom. The van der Waals surface area contributed by atoms with E-state index >= 15 is 0 Å². The fraction of sp³-hybridized carbons (Fsp3) is 0.455. The molecule has 0 unspecified atom stereocenters. The van der Waals surface area contributed by atoms with Crippen LogP contribution in [0.25, 0.3) is 0 Å². The fourth-order valence-corrected chi connectivity index (χ4v) is 1.88. The van der Waals surface area contributed by atoms with Gasteiger partial charge in [0.1, 0.15) is 0 Å². The molecule has 0 aromatic heterocycles. The first-order valence-corrected chi connectivity index (χ1v) is 5.93. The Bertz CT molecular complexity index is 238. The zero-order chi connectivity index (χ0) is 10.2. The van der Waals surface area contributed by atoms with Crippen molar-refractivity contribution in [3.05, 3.63) is 30.3 Å². The van der Waals surface area contributed by atoms with Crippen LogP contribution in [0.15, 0.2) is 35.2 Å². The second kappa shape index (κ2) is 6.87. The standard InChI is InChI=1S/C11H18N2S/c1-10(9-12)13-7-8-14-11-5-3-2-4-6-11/h2-6,10,13H,7-9,12H2,1H3/t10-/m0/s1. The second-order valence-electron chi connectivity index (χ2n) is 3.25. The summed E-state index contributed by atoms with van der Waals surface area (Å²) < 4.78 is 0. The first-order valence-electron chi connectivity index (χ1n) is 4.94. The molecule has 0 amide bonds. The SMILES string of the molecule is C[C@@H](CN)NCCSc1ccccc1. The van der Waals surface area contributed by atoms with Crippen LogP contribution in [0, 0.1) is 0 Å². The van der Waals surface area contributed by atoms with Gasteiger partial charge in [0.25, 0.3) is 0 Å². The molecule has 1 aromatic rings. The lowest BCUT2D eigenvalue weighted by Crippen LogP contribution is -2.34. The lowest BCUT2D eigenvalue weighted by atomic mass is 10.3. The van der Waals surface area contributed by atoms with Crippen molar-refractivity contribution in [1.29, 1.82) is 0 Å². The summed E-state index contributed by atoms with van der Waals surface area (Å²) in [5, 5.41) is 3.36. The van der Waals surface area contributed by atoms with Crippen molar-refractivity contribution >= 4 is 11.8 Å². The molecule has 1 aromatic carbocycles. The predicted molar refractivity (Wildman–Crippen MR) is 63.7 cm³/mol. The molecule has 0 spiro atoms. The molecule has 3 heteroatoms. The molecule has 1 atom stereocenters. The highest BCUT2D eigenvalue weighted by atomic mass is 32.2. The van der Waals surface area contributed by atoms with Gasteiger partial charge in [0.15, 0.2) is 0 Å². The molecule has 0 aliphatic rings. The van der Waals surface area contributed by atoms with Gasteiger partial charge in [-0.3, -0.25) is 0 Å². The predicted octanol–water partition coefficient (Wildman–Crippen LogP) is 1.72. The minimum absolute atomic E-state index is 0.423. The third-order valence-electron chi connectivity index (χ3n) is 1.96. The number of nitrogens with one attached hydrogen (secondary N) is 1. The smallest absolute Gasteiger partial charge is 0.0162 e. The van der Waals surface area contributed by atoms with Crippen LogP contribution in [-0.2, 0) is 0 Å². The number of rotatable bonds is 6. The molecule has 0 saturated carbocycles. The topological polar surface area (TPSA) is 38.0 Å². The summed E-state index contributed by atoms with van der Waals surface area (Å²) in [7, 11) is 0. The van der Waals surface area contributed by atoms with Gasteiger partial charge in [-0.05, 0) is 19.1 Å². The molecule has 0 heterocycles. The summed E-state index contributed by atoms with van der Waals surface area (Å²) in [5.41, 5.74) is 5.50. The maximum atomic E-state index is 5.50. The van der Waals surface area contributed by atoms with E-state index in [1.54, 1.807) is 0 Å². The van der Waals surface area contributed by atoms with Gasteiger partial charge < -0.3 is 11.1 Å². The number of thioether (sulfide) groups is 1. The average molecular weight is 210 g/mol. The summed E-state index contributed by atoms with van der Waals surface area (Å²) in [6.07, 6.45) is 0. The molecule has 3 N–H and O–H groups in total. The molecule has 0 bridgehead atoms. The van der Waals surface area contributed by atoms with Crippen LogP contribution in [0.5, 0.6) is 0 Å². The first kappa shape index (κ1) is 11.6. The minimum Gasteiger partial charge on any atom is -0.329 e. The highest BCUT2D eigenvalue weighted by molar-refractivity contribution is 7.99. The van der Waals surface area contributed by atoms with Gasteiger partial charge in [0.05, 0.1) is 0 Å². The van der Waals surface area contributed by atoms with E-state index in [1.165, 1.54) is 4.90 Å². The molecule has 0 radical (unpaired) electrons. The minimum atomic E-state index is 0.423. The van der Waals surface area contributed by atoms with Crippen molar-refractivity contribution in [2.24, 2.45) is 5.73 Å². The van der Waals surface area contributed by atoms with Crippen LogP contribution >= 0.6 is 11.8 Å². The molecule has 78 valence electrons. The van der Waals surface area contributed by atoms with Crippen molar-refractivity contribution < 1.29 is 0 Å². The molecule has 0 fully saturated rings.